The maximum absolute atomic E-state index is 14.2. The Balaban J connectivity index is 1.61. The van der Waals surface area contributed by atoms with Gasteiger partial charge in [0, 0.05) is 11.1 Å². The highest BCUT2D eigenvalue weighted by molar-refractivity contribution is 6.17. The van der Waals surface area contributed by atoms with Gasteiger partial charge in [0.2, 0.25) is 11.4 Å². The molecule has 3 atom stereocenters. The van der Waals surface area contributed by atoms with Crippen molar-refractivity contribution in [3.8, 4) is 0 Å². The summed E-state index contributed by atoms with van der Waals surface area (Å²) in [4.78, 5) is 20.6. The van der Waals surface area contributed by atoms with Crippen molar-refractivity contribution in [3.63, 3.8) is 0 Å². The van der Waals surface area contributed by atoms with Gasteiger partial charge in [-0.2, -0.15) is 0 Å². The lowest BCUT2D eigenvalue weighted by molar-refractivity contribution is -0.0163. The molecule has 0 amide bonds. The number of rotatable bonds is 3. The Hall–Kier alpha value is -3.98. The Morgan fingerprint density at radius 2 is 1.27 bits per heavy atom. The van der Waals surface area contributed by atoms with Crippen LogP contribution in [0.2, 0.25) is 0 Å². The molecule has 0 fully saturated rings. The van der Waals surface area contributed by atoms with Gasteiger partial charge in [0.05, 0.1) is 17.5 Å². The number of fused-ring (bicyclic) bond motifs is 1. The molecule has 0 bridgehead atoms. The molecule has 0 aromatic heterocycles. The predicted molar refractivity (Wildman–Crippen MR) is 130 cm³/mol. The van der Waals surface area contributed by atoms with E-state index in [2.05, 4.69) is 66.7 Å². The van der Waals surface area contributed by atoms with E-state index in [0.717, 1.165) is 28.0 Å². The zero-order chi connectivity index (χ0) is 22.4. The second kappa shape index (κ2) is 7.56. The highest BCUT2D eigenvalue weighted by Gasteiger charge is 2.65. The molecular formula is C30H23NO2. The normalized spacial score (nSPS) is 23.3. The number of oxime groups is 1. The topological polar surface area (TPSA) is 38.7 Å². The monoisotopic (exact) mass is 429 g/mol. The van der Waals surface area contributed by atoms with Crippen molar-refractivity contribution in [2.45, 2.75) is 24.4 Å². The summed E-state index contributed by atoms with van der Waals surface area (Å²) in [6.07, 6.45) is 0. The largest absolute Gasteiger partial charge is 0.378 e. The summed E-state index contributed by atoms with van der Waals surface area (Å²) in [6, 6.07) is 36.5. The summed E-state index contributed by atoms with van der Waals surface area (Å²) in [5.41, 5.74) is 5.56. The molecule has 0 saturated heterocycles. The molecule has 4 aromatic carbocycles. The van der Waals surface area contributed by atoms with E-state index in [-0.39, 0.29) is 17.6 Å². The zero-order valence-corrected chi connectivity index (χ0v) is 18.3. The summed E-state index contributed by atoms with van der Waals surface area (Å²) in [7, 11) is 0. The van der Waals surface area contributed by atoms with Crippen LogP contribution in [0, 0.1) is 6.92 Å². The van der Waals surface area contributed by atoms with Crippen LogP contribution in [-0.4, -0.2) is 17.1 Å². The van der Waals surface area contributed by atoms with Gasteiger partial charge in [-0.05, 0) is 23.6 Å². The van der Waals surface area contributed by atoms with E-state index >= 15 is 0 Å². The lowest BCUT2D eigenvalue weighted by atomic mass is 9.69. The first-order valence-electron chi connectivity index (χ1n) is 11.3. The fraction of sp³-hybridized carbons (Fsp3) is 0.133. The third-order valence-corrected chi connectivity index (χ3v) is 6.91. The Morgan fingerprint density at radius 3 is 1.94 bits per heavy atom. The summed E-state index contributed by atoms with van der Waals surface area (Å²) in [5, 5.41) is 4.63. The second-order valence-corrected chi connectivity index (χ2v) is 8.83. The lowest BCUT2D eigenvalue weighted by Gasteiger charge is -2.34. The van der Waals surface area contributed by atoms with E-state index in [1.807, 2.05) is 54.6 Å². The number of benzene rings is 4. The molecule has 1 heterocycles. The maximum atomic E-state index is 14.2. The first-order chi connectivity index (χ1) is 16.2. The predicted octanol–water partition coefficient (Wildman–Crippen LogP) is 6.28. The third-order valence-electron chi connectivity index (χ3n) is 6.91. The minimum atomic E-state index is -1.17. The molecule has 1 aliphatic carbocycles. The summed E-state index contributed by atoms with van der Waals surface area (Å²) < 4.78 is 0. The first-order valence-corrected chi connectivity index (χ1v) is 11.3. The number of aryl methyl sites for hydroxylation is 1. The number of ketones is 1. The van der Waals surface area contributed by atoms with Crippen LogP contribution >= 0.6 is 0 Å². The molecule has 6 rings (SSSR count). The van der Waals surface area contributed by atoms with Crippen LogP contribution in [0.25, 0.3) is 0 Å². The average molecular weight is 430 g/mol. The van der Waals surface area contributed by atoms with Crippen LogP contribution in [0.15, 0.2) is 114 Å². The fourth-order valence-corrected chi connectivity index (χ4v) is 5.42. The van der Waals surface area contributed by atoms with E-state index in [4.69, 9.17) is 4.84 Å². The van der Waals surface area contributed by atoms with Crippen molar-refractivity contribution in [1.82, 2.24) is 0 Å². The van der Waals surface area contributed by atoms with Gasteiger partial charge >= 0.3 is 0 Å². The molecule has 3 nitrogen and oxygen atoms in total. The highest BCUT2D eigenvalue weighted by atomic mass is 16.7. The van der Waals surface area contributed by atoms with E-state index in [1.54, 1.807) is 0 Å². The summed E-state index contributed by atoms with van der Waals surface area (Å²) >= 11 is 0. The third kappa shape index (κ3) is 2.89. The van der Waals surface area contributed by atoms with E-state index < -0.39 is 5.60 Å². The van der Waals surface area contributed by atoms with Gasteiger partial charge in [0.25, 0.3) is 0 Å². The first kappa shape index (κ1) is 19.7. The summed E-state index contributed by atoms with van der Waals surface area (Å²) in [5.74, 6) is -0.613. The van der Waals surface area contributed by atoms with Crippen molar-refractivity contribution in [1.29, 1.82) is 0 Å². The fourth-order valence-electron chi connectivity index (χ4n) is 5.42. The van der Waals surface area contributed by atoms with Crippen molar-refractivity contribution in [2.75, 3.05) is 0 Å². The van der Waals surface area contributed by atoms with Crippen LogP contribution < -0.4 is 0 Å². The molecule has 0 radical (unpaired) electrons. The van der Waals surface area contributed by atoms with Crippen LogP contribution in [0.5, 0.6) is 0 Å². The van der Waals surface area contributed by atoms with Crippen LogP contribution in [0.3, 0.4) is 0 Å². The van der Waals surface area contributed by atoms with E-state index in [0.29, 0.717) is 5.56 Å². The second-order valence-electron chi connectivity index (χ2n) is 8.83. The minimum absolute atomic E-state index is 0.00771. The Kier molecular flexibility index (Phi) is 4.51. The Bertz CT molecular complexity index is 1360. The molecule has 2 aliphatic rings. The molecule has 3 heteroatoms. The van der Waals surface area contributed by atoms with Gasteiger partial charge < -0.3 is 4.84 Å². The molecule has 1 aliphatic heterocycles. The smallest absolute Gasteiger partial charge is 0.223 e. The molecule has 1 spiro atoms. The number of carbonyl (C=O) groups excluding carboxylic acids is 1. The molecule has 0 N–H and O–H groups in total. The van der Waals surface area contributed by atoms with Gasteiger partial charge in [-0.3, -0.25) is 4.79 Å². The van der Waals surface area contributed by atoms with Gasteiger partial charge in [-0.15, -0.1) is 0 Å². The van der Waals surface area contributed by atoms with Crippen molar-refractivity contribution in [3.05, 3.63) is 143 Å². The minimum Gasteiger partial charge on any atom is -0.378 e. The van der Waals surface area contributed by atoms with Gasteiger partial charge in [-0.25, -0.2) is 0 Å². The Labute approximate surface area is 193 Å². The molecule has 33 heavy (non-hydrogen) atoms. The van der Waals surface area contributed by atoms with Crippen molar-refractivity contribution < 1.29 is 9.63 Å². The number of hydrogen-bond donors (Lipinski definition) is 0. The van der Waals surface area contributed by atoms with Crippen LogP contribution in [-0.2, 0) is 4.84 Å². The SMILES string of the molecule is Cc1ccc(C2=NO[C@@]3(C(=O)c4ccccc4[C@H]3c3ccccc3)[C@@H]2c2ccccc2)cc1. The molecule has 4 aromatic rings. The highest BCUT2D eigenvalue weighted by Crippen LogP contribution is 2.57. The number of nitrogens with zero attached hydrogens (tertiary/aromatic N) is 1. The van der Waals surface area contributed by atoms with Crippen molar-refractivity contribution >= 4 is 11.5 Å². The van der Waals surface area contributed by atoms with Crippen LogP contribution in [0.4, 0.5) is 0 Å². The van der Waals surface area contributed by atoms with Gasteiger partial charge in [0.15, 0.2) is 0 Å². The average Bonchev–Trinajstić information content (AvgIpc) is 3.37. The Morgan fingerprint density at radius 1 is 0.697 bits per heavy atom. The van der Waals surface area contributed by atoms with Gasteiger partial charge in [-0.1, -0.05) is 120 Å². The molecular weight excluding hydrogens is 406 g/mol. The van der Waals surface area contributed by atoms with Crippen LogP contribution in [0.1, 0.15) is 50.0 Å². The number of Topliss-reactive ketones (excluding diaryl/α,β-unsaturated/α-hetero) is 1. The number of carbonyl (C=O) groups is 1. The van der Waals surface area contributed by atoms with Gasteiger partial charge in [0.1, 0.15) is 0 Å². The quantitative estimate of drug-likeness (QED) is 0.384. The lowest BCUT2D eigenvalue weighted by Crippen LogP contribution is -2.46. The maximum Gasteiger partial charge on any atom is 0.223 e. The molecule has 160 valence electrons. The molecule has 0 saturated carbocycles. The zero-order valence-electron chi connectivity index (χ0n) is 18.3. The standard InChI is InChI=1S/C30H23NO2/c1-20-16-18-23(19-17-20)28-27(22-12-6-3-7-13-22)30(33-31-28)26(21-10-4-2-5-11-21)24-14-8-9-15-25(24)29(30)32/h2-19,26-27H,1H3/t26-,27-,30-/m1/s1. The van der Waals surface area contributed by atoms with Crippen molar-refractivity contribution in [2.24, 2.45) is 5.16 Å². The van der Waals surface area contributed by atoms with E-state index in [1.165, 1.54) is 5.56 Å². The summed E-state index contributed by atoms with van der Waals surface area (Å²) in [6.45, 7) is 2.06. The molecule has 0 unspecified atom stereocenters. The number of hydrogen-bond acceptors (Lipinski definition) is 3. The van der Waals surface area contributed by atoms with E-state index in [9.17, 15) is 4.79 Å².